The molecule has 72 heavy (non-hydrogen) atoms. The lowest BCUT2D eigenvalue weighted by Crippen LogP contribution is -1.99. The van der Waals surface area contributed by atoms with Crippen molar-refractivity contribution < 1.29 is 0 Å². The van der Waals surface area contributed by atoms with Crippen LogP contribution in [0.3, 0.4) is 0 Å². The van der Waals surface area contributed by atoms with Gasteiger partial charge in [0.1, 0.15) is 63.1 Å². The zero-order valence-electron chi connectivity index (χ0n) is 45.2. The van der Waals surface area contributed by atoms with Crippen molar-refractivity contribution in [2.45, 2.75) is 107 Å². The molecule has 0 fully saturated rings. The molecule has 18 heteroatoms. The Morgan fingerprint density at radius 2 is 0.472 bits per heavy atom. The van der Waals surface area contributed by atoms with Gasteiger partial charge in [0.25, 0.3) is 0 Å². The van der Waals surface area contributed by atoms with Crippen molar-refractivity contribution in [2.75, 3.05) is 0 Å². The highest BCUT2D eigenvalue weighted by atomic mass is 15.2. The van der Waals surface area contributed by atoms with Crippen molar-refractivity contribution in [3.05, 3.63) is 83.0 Å². The van der Waals surface area contributed by atoms with Gasteiger partial charge in [0.2, 0.25) is 0 Å². The number of hydrogen-bond acceptors (Lipinski definition) is 10. The minimum Gasteiger partial charge on any atom is -0.331 e. The van der Waals surface area contributed by atoms with Crippen molar-refractivity contribution in [2.24, 2.45) is 56.4 Å². The summed E-state index contributed by atoms with van der Waals surface area (Å²) in [6.45, 7) is 17.0. The number of aryl methyl sites for hydroxylation is 16. The van der Waals surface area contributed by atoms with E-state index in [0.29, 0.717) is 0 Å². The van der Waals surface area contributed by atoms with Crippen molar-refractivity contribution in [1.29, 1.82) is 0 Å². The van der Waals surface area contributed by atoms with E-state index in [4.69, 9.17) is 4.98 Å². The van der Waals surface area contributed by atoms with E-state index < -0.39 is 0 Å². The first kappa shape index (κ1) is 49.5. The molecule has 0 amide bonds. The summed E-state index contributed by atoms with van der Waals surface area (Å²) in [5, 5.41) is 0. The molecule has 0 radical (unpaired) electrons. The third kappa shape index (κ3) is 8.33. The Morgan fingerprint density at radius 3 is 0.833 bits per heavy atom. The third-order valence-electron chi connectivity index (χ3n) is 14.4. The maximum absolute atomic E-state index is 4.71. The summed E-state index contributed by atoms with van der Waals surface area (Å²) in [4.78, 5) is 46.4. The van der Waals surface area contributed by atoms with E-state index >= 15 is 0 Å². The molecule has 0 atom stereocenters. The van der Waals surface area contributed by atoms with E-state index in [1.54, 1.807) is 0 Å². The summed E-state index contributed by atoms with van der Waals surface area (Å²) >= 11 is 0. The molecule has 0 N–H and O–H groups in total. The van der Waals surface area contributed by atoms with Crippen LogP contribution in [0.1, 0.15) is 102 Å². The number of pyridine rings is 2. The molecule has 0 aliphatic rings. The number of benzene rings is 2. The average molecular weight is 971 g/mol. The van der Waals surface area contributed by atoms with Gasteiger partial charge >= 0.3 is 0 Å². The van der Waals surface area contributed by atoms with Crippen molar-refractivity contribution in [3.63, 3.8) is 0 Å². The van der Waals surface area contributed by atoms with E-state index in [1.165, 1.54) is 22.1 Å². The minimum absolute atomic E-state index is 0.813. The molecule has 0 unspecified atom stereocenters. The van der Waals surface area contributed by atoms with Crippen LogP contribution in [0.5, 0.6) is 0 Å². The number of fused-ring (bicyclic) bond motifs is 8. The second-order valence-electron chi connectivity index (χ2n) is 18.5. The Morgan fingerprint density at radius 1 is 0.236 bits per heavy atom. The maximum Gasteiger partial charge on any atom is 0.180 e. The smallest absolute Gasteiger partial charge is 0.180 e. The largest absolute Gasteiger partial charge is 0.331 e. The molecule has 0 bridgehead atoms. The van der Waals surface area contributed by atoms with E-state index in [9.17, 15) is 0 Å². The summed E-state index contributed by atoms with van der Waals surface area (Å²) in [6.07, 6.45) is 7.47. The van der Waals surface area contributed by atoms with Crippen LogP contribution >= 0.6 is 0 Å². The Labute approximate surface area is 419 Å². The lowest BCUT2D eigenvalue weighted by molar-refractivity contribution is 0.809. The predicted octanol–water partition coefficient (Wildman–Crippen LogP) is 9.13. The number of rotatable bonds is 8. The molecule has 0 saturated heterocycles. The van der Waals surface area contributed by atoms with Crippen LogP contribution in [0.4, 0.5) is 0 Å². The van der Waals surface area contributed by atoms with E-state index in [1.807, 2.05) is 34.3 Å². The summed E-state index contributed by atoms with van der Waals surface area (Å²) in [5.74, 6) is 8.72. The monoisotopic (exact) mass is 971 g/mol. The van der Waals surface area contributed by atoms with Crippen LogP contribution in [0.2, 0.25) is 0 Å². The Hall–Kier alpha value is -7.50. The zero-order valence-corrected chi connectivity index (χ0v) is 45.2. The molecule has 376 valence electrons. The van der Waals surface area contributed by atoms with Gasteiger partial charge in [-0.25, -0.2) is 49.8 Å². The summed E-state index contributed by atoms with van der Waals surface area (Å²) in [5.41, 5.74) is 16.4. The maximum atomic E-state index is 4.71. The number of aromatic nitrogens is 18. The summed E-state index contributed by atoms with van der Waals surface area (Å²) in [7, 11) is 16.4. The highest BCUT2D eigenvalue weighted by Crippen LogP contribution is 2.27. The Kier molecular flexibility index (Phi) is 13.5. The third-order valence-corrected chi connectivity index (χ3v) is 14.4. The highest BCUT2D eigenvalue weighted by Gasteiger charge is 2.17. The van der Waals surface area contributed by atoms with Crippen LogP contribution in [0, 0.1) is 0 Å². The fraction of sp³-hybridized carbons (Fsp3) is 0.444. The quantitative estimate of drug-likeness (QED) is 0.143. The van der Waals surface area contributed by atoms with Crippen molar-refractivity contribution >= 4 is 88.8 Å². The molecule has 12 aromatic rings. The summed E-state index contributed by atoms with van der Waals surface area (Å²) < 4.78 is 16.9. The van der Waals surface area contributed by atoms with Gasteiger partial charge in [-0.15, -0.1) is 0 Å². The SMILES string of the molecule is CCc1nc2cc3c(cc2n1C)nc(CC)n3C.CCc1nc2cc3nc(CC)n(C)c3cc2n1C.CCc1nc2cc3nc(CC)n(C)c3nc2n1C.CCc1nc2nc3c(cc2n1C)nc(CC)n3C. The first-order valence-electron chi connectivity index (χ1n) is 25.6. The first-order valence-corrected chi connectivity index (χ1v) is 25.6. The molecule has 12 rings (SSSR count). The van der Waals surface area contributed by atoms with Gasteiger partial charge in [-0.1, -0.05) is 55.4 Å². The molecule has 10 aromatic heterocycles. The van der Waals surface area contributed by atoms with Gasteiger partial charge in [0.05, 0.1) is 49.7 Å². The molecule has 2 aromatic carbocycles. The van der Waals surface area contributed by atoms with Crippen LogP contribution in [-0.2, 0) is 108 Å². The molecule has 0 aliphatic heterocycles. The minimum atomic E-state index is 0.813. The van der Waals surface area contributed by atoms with Gasteiger partial charge in [0.15, 0.2) is 22.6 Å². The standard InChI is InChI=1S/2C14H18N4.2C13H17N5/c1-5-13-15-9-7-12-10(8-11(9)17(13)3)16-14(6-2)18(12)4;1-5-13-15-9-7-10-12(8-11(9)17(13)3)18(4)14(6-2)16-10;1-5-10-14-8-7-9-12(16-13(8)18(10)4)15-11(6-2)17(9)3;1-5-10-14-8-7-9-13(16-12(8)17(10)3)18(4)11(6-2)15-9/h2*7-8H,5-6H2,1-4H3;2*7H,5-6H2,1-4H3. The Balaban J connectivity index is 0.000000119. The molecule has 10 heterocycles. The topological polar surface area (TPSA) is 168 Å². The highest BCUT2D eigenvalue weighted by molar-refractivity contribution is 5.93. The zero-order chi connectivity index (χ0) is 51.4. The van der Waals surface area contributed by atoms with Gasteiger partial charge < -0.3 is 36.5 Å². The molecule has 18 nitrogen and oxygen atoms in total. The fourth-order valence-corrected chi connectivity index (χ4v) is 10.1. The van der Waals surface area contributed by atoms with Crippen LogP contribution in [-0.4, -0.2) is 86.4 Å². The van der Waals surface area contributed by atoms with E-state index in [0.717, 1.165) is 165 Å². The van der Waals surface area contributed by atoms with Gasteiger partial charge in [-0.05, 0) is 36.4 Å². The van der Waals surface area contributed by atoms with Gasteiger partial charge in [-0.2, -0.15) is 0 Å². The molecular formula is C54H70N18. The second kappa shape index (κ2) is 19.6. The van der Waals surface area contributed by atoms with Crippen LogP contribution in [0.15, 0.2) is 36.4 Å². The van der Waals surface area contributed by atoms with Crippen molar-refractivity contribution in [1.82, 2.24) is 86.4 Å². The first-order chi connectivity index (χ1) is 34.6. The molecule has 0 aliphatic carbocycles. The number of nitrogens with zero attached hydrogens (tertiary/aromatic N) is 18. The van der Waals surface area contributed by atoms with Crippen LogP contribution in [0.25, 0.3) is 88.8 Å². The fourth-order valence-electron chi connectivity index (χ4n) is 10.1. The number of hydrogen-bond donors (Lipinski definition) is 0. The predicted molar refractivity (Wildman–Crippen MR) is 291 cm³/mol. The van der Waals surface area contributed by atoms with E-state index in [-0.39, 0.29) is 0 Å². The Bertz CT molecular complexity index is 3450. The lowest BCUT2D eigenvalue weighted by Gasteiger charge is -2.00. The number of imidazole rings is 8. The summed E-state index contributed by atoms with van der Waals surface area (Å²) in [6, 6.07) is 12.7. The van der Waals surface area contributed by atoms with Gasteiger partial charge in [-0.3, -0.25) is 0 Å². The van der Waals surface area contributed by atoms with Crippen LogP contribution < -0.4 is 0 Å². The van der Waals surface area contributed by atoms with Crippen molar-refractivity contribution in [3.8, 4) is 0 Å². The second-order valence-corrected chi connectivity index (χ2v) is 18.5. The average Bonchev–Trinajstić information content (AvgIpc) is 4.29. The lowest BCUT2D eigenvalue weighted by atomic mass is 10.2. The molecular weight excluding hydrogens is 901 g/mol. The normalized spacial score (nSPS) is 11.8. The van der Waals surface area contributed by atoms with Gasteiger partial charge in [0, 0.05) is 108 Å². The van der Waals surface area contributed by atoms with E-state index in [2.05, 4.69) is 195 Å². The molecule has 0 spiro atoms. The molecule has 0 saturated carbocycles.